The number of imidazole rings is 1. The highest BCUT2D eigenvalue weighted by Crippen LogP contribution is 2.32. The highest BCUT2D eigenvalue weighted by molar-refractivity contribution is 7.90. The number of rotatable bonds is 5. The summed E-state index contributed by atoms with van der Waals surface area (Å²) in [6, 6.07) is 7.87. The fraction of sp³-hybridized carbons (Fsp3) is 0.111. The van der Waals surface area contributed by atoms with Gasteiger partial charge in [0.05, 0.1) is 17.2 Å². The van der Waals surface area contributed by atoms with E-state index >= 15 is 0 Å². The Morgan fingerprint density at radius 3 is 2.66 bits per heavy atom. The average Bonchev–Trinajstić information content (AvgIpc) is 3.05. The van der Waals surface area contributed by atoms with Gasteiger partial charge in [-0.2, -0.15) is 0 Å². The molecule has 1 N–H and O–H groups in total. The molecule has 29 heavy (non-hydrogen) atoms. The molecule has 0 saturated carbocycles. The molecule has 0 aliphatic heterocycles. The maximum Gasteiger partial charge on any atom is 0.285 e. The van der Waals surface area contributed by atoms with Crippen molar-refractivity contribution in [3.8, 4) is 17.1 Å². The number of aromatic nitrogens is 2. The molecule has 0 aliphatic rings. The molecule has 0 saturated heterocycles. The summed E-state index contributed by atoms with van der Waals surface area (Å²) >= 11 is 12.2. The van der Waals surface area contributed by atoms with Gasteiger partial charge in [-0.15, -0.1) is 0 Å². The number of methoxy groups -OCH3 is 1. The Labute approximate surface area is 176 Å². The number of hydrogen-bond donors (Lipinski definition) is 1. The lowest BCUT2D eigenvalue weighted by atomic mass is 10.2. The second-order valence-electron chi connectivity index (χ2n) is 5.89. The summed E-state index contributed by atoms with van der Waals surface area (Å²) in [5.41, 5.74) is 0.285. The van der Waals surface area contributed by atoms with E-state index in [0.717, 1.165) is 18.2 Å². The van der Waals surface area contributed by atoms with Gasteiger partial charge in [0.15, 0.2) is 0 Å². The van der Waals surface area contributed by atoms with Gasteiger partial charge in [-0.05, 0) is 30.3 Å². The van der Waals surface area contributed by atoms with Crippen molar-refractivity contribution < 1.29 is 22.3 Å². The largest absolute Gasteiger partial charge is 0.495 e. The van der Waals surface area contributed by atoms with E-state index in [1.54, 1.807) is 25.2 Å². The number of nitrogens with one attached hydrogen (secondary N) is 1. The van der Waals surface area contributed by atoms with Gasteiger partial charge < -0.3 is 9.30 Å². The maximum absolute atomic E-state index is 13.5. The standard InChI is InChI=1S/C18H14Cl2FN3O4S/c1-24-9-13(22-17(24)11-4-3-5-12(19)16(11)20)18(25)23-29(26,27)15-8-10(21)6-7-14(15)28-2/h3-9H,1-2H3,(H,23,25). The third-order valence-electron chi connectivity index (χ3n) is 3.94. The number of aryl methyl sites for hydroxylation is 1. The van der Waals surface area contributed by atoms with Crippen LogP contribution in [0.3, 0.4) is 0 Å². The Morgan fingerprint density at radius 1 is 1.24 bits per heavy atom. The topological polar surface area (TPSA) is 90.3 Å². The molecule has 7 nitrogen and oxygen atoms in total. The predicted octanol–water partition coefficient (Wildman–Crippen LogP) is 3.66. The van der Waals surface area contributed by atoms with E-state index < -0.39 is 26.6 Å². The zero-order valence-corrected chi connectivity index (χ0v) is 17.4. The van der Waals surface area contributed by atoms with E-state index in [-0.39, 0.29) is 16.5 Å². The molecule has 0 aliphatic carbocycles. The number of halogens is 3. The summed E-state index contributed by atoms with van der Waals surface area (Å²) < 4.78 is 46.9. The highest BCUT2D eigenvalue weighted by atomic mass is 35.5. The highest BCUT2D eigenvalue weighted by Gasteiger charge is 2.25. The fourth-order valence-corrected chi connectivity index (χ4v) is 4.12. The summed E-state index contributed by atoms with van der Waals surface area (Å²) in [7, 11) is -1.58. The quantitative estimate of drug-likeness (QED) is 0.631. The summed E-state index contributed by atoms with van der Waals surface area (Å²) in [6.07, 6.45) is 1.33. The Hall–Kier alpha value is -2.62. The number of ether oxygens (including phenoxy) is 1. The van der Waals surface area contributed by atoms with E-state index in [0.29, 0.717) is 16.4 Å². The molecule has 1 heterocycles. The molecule has 3 aromatic rings. The minimum absolute atomic E-state index is 0.112. The molecule has 2 aromatic carbocycles. The van der Waals surface area contributed by atoms with Gasteiger partial charge in [-0.3, -0.25) is 4.79 Å². The third-order valence-corrected chi connectivity index (χ3v) is 6.11. The fourth-order valence-electron chi connectivity index (χ4n) is 2.59. The van der Waals surface area contributed by atoms with Crippen LogP contribution in [0.15, 0.2) is 47.5 Å². The molecule has 1 aromatic heterocycles. The van der Waals surface area contributed by atoms with Crippen molar-refractivity contribution in [3.63, 3.8) is 0 Å². The molecule has 11 heteroatoms. The predicted molar refractivity (Wildman–Crippen MR) is 106 cm³/mol. The molecule has 0 fully saturated rings. The average molecular weight is 458 g/mol. The van der Waals surface area contributed by atoms with Crippen molar-refractivity contribution in [1.82, 2.24) is 14.3 Å². The lowest BCUT2D eigenvalue weighted by Crippen LogP contribution is -2.31. The van der Waals surface area contributed by atoms with Crippen molar-refractivity contribution in [2.45, 2.75) is 4.90 Å². The molecule has 0 unspecified atom stereocenters. The van der Waals surface area contributed by atoms with E-state index in [2.05, 4.69) is 4.98 Å². The summed E-state index contributed by atoms with van der Waals surface area (Å²) in [4.78, 5) is 16.2. The number of nitrogens with zero attached hydrogens (tertiary/aromatic N) is 2. The van der Waals surface area contributed by atoms with Crippen molar-refractivity contribution in [1.29, 1.82) is 0 Å². The minimum Gasteiger partial charge on any atom is -0.495 e. The van der Waals surface area contributed by atoms with Crippen molar-refractivity contribution in [2.24, 2.45) is 7.05 Å². The van der Waals surface area contributed by atoms with Crippen molar-refractivity contribution in [3.05, 3.63) is 64.2 Å². The number of benzene rings is 2. The Balaban J connectivity index is 1.95. The van der Waals surface area contributed by atoms with Crippen LogP contribution in [0.2, 0.25) is 10.0 Å². The van der Waals surface area contributed by atoms with E-state index in [9.17, 15) is 17.6 Å². The van der Waals surface area contributed by atoms with Gasteiger partial charge in [0.1, 0.15) is 28.0 Å². The molecular formula is C18H14Cl2FN3O4S. The Morgan fingerprint density at radius 2 is 1.97 bits per heavy atom. The van der Waals surface area contributed by atoms with Gasteiger partial charge in [-0.1, -0.05) is 29.3 Å². The zero-order chi connectivity index (χ0) is 21.3. The zero-order valence-electron chi connectivity index (χ0n) is 15.1. The van der Waals surface area contributed by atoms with Crippen LogP contribution in [0.4, 0.5) is 4.39 Å². The van der Waals surface area contributed by atoms with Crippen LogP contribution < -0.4 is 9.46 Å². The molecule has 152 valence electrons. The molecule has 0 radical (unpaired) electrons. The van der Waals surface area contributed by atoms with Gasteiger partial charge in [0.2, 0.25) is 0 Å². The first-order chi connectivity index (χ1) is 13.6. The lowest BCUT2D eigenvalue weighted by molar-refractivity contribution is 0.0977. The number of sulfonamides is 1. The monoisotopic (exact) mass is 457 g/mol. The van der Waals surface area contributed by atoms with Crippen LogP contribution in [0, 0.1) is 5.82 Å². The van der Waals surface area contributed by atoms with Crippen LogP contribution in [-0.4, -0.2) is 31.0 Å². The SMILES string of the molecule is COc1ccc(F)cc1S(=O)(=O)NC(=O)c1cn(C)c(-c2cccc(Cl)c2Cl)n1. The Bertz CT molecular complexity index is 1210. The van der Waals surface area contributed by atoms with E-state index in [1.165, 1.54) is 17.9 Å². The van der Waals surface area contributed by atoms with Gasteiger partial charge >= 0.3 is 0 Å². The molecule has 1 amide bonds. The van der Waals surface area contributed by atoms with E-state index in [1.807, 2.05) is 4.72 Å². The second kappa shape index (κ2) is 8.02. The third kappa shape index (κ3) is 4.21. The Kier molecular flexibility index (Phi) is 5.83. The molecule has 3 rings (SSSR count). The molecule has 0 spiro atoms. The number of amides is 1. The van der Waals surface area contributed by atoms with Crippen LogP contribution in [0.5, 0.6) is 5.75 Å². The number of carbonyl (C=O) groups is 1. The van der Waals surface area contributed by atoms with Crippen LogP contribution in [0.25, 0.3) is 11.4 Å². The molecule has 0 bridgehead atoms. The van der Waals surface area contributed by atoms with Crippen molar-refractivity contribution >= 4 is 39.1 Å². The second-order valence-corrected chi connectivity index (χ2v) is 8.33. The first-order valence-corrected chi connectivity index (χ1v) is 10.3. The van der Waals surface area contributed by atoms with Crippen LogP contribution in [0.1, 0.15) is 10.5 Å². The lowest BCUT2D eigenvalue weighted by Gasteiger charge is -2.10. The van der Waals surface area contributed by atoms with Gasteiger partial charge in [0, 0.05) is 18.8 Å². The first-order valence-electron chi connectivity index (χ1n) is 8.02. The summed E-state index contributed by atoms with van der Waals surface area (Å²) in [5, 5.41) is 0.547. The molecular weight excluding hydrogens is 444 g/mol. The summed E-state index contributed by atoms with van der Waals surface area (Å²) in [5.74, 6) is -1.60. The molecule has 0 atom stereocenters. The van der Waals surface area contributed by atoms with Crippen LogP contribution >= 0.6 is 23.2 Å². The smallest absolute Gasteiger partial charge is 0.285 e. The van der Waals surface area contributed by atoms with Crippen molar-refractivity contribution in [2.75, 3.05) is 7.11 Å². The normalized spacial score (nSPS) is 11.3. The van der Waals surface area contributed by atoms with E-state index in [4.69, 9.17) is 27.9 Å². The number of hydrogen-bond acceptors (Lipinski definition) is 5. The van der Waals surface area contributed by atoms with Gasteiger partial charge in [-0.25, -0.2) is 22.5 Å². The number of carbonyl (C=O) groups excluding carboxylic acids is 1. The summed E-state index contributed by atoms with van der Waals surface area (Å²) in [6.45, 7) is 0. The maximum atomic E-state index is 13.5. The first kappa shape index (κ1) is 21.1. The minimum atomic E-state index is -4.42. The van der Waals surface area contributed by atoms with Gasteiger partial charge in [0.25, 0.3) is 15.9 Å². The van der Waals surface area contributed by atoms with Crippen LogP contribution in [-0.2, 0) is 17.1 Å².